The number of hydrogen-bond donors (Lipinski definition) is 1. The number of ether oxygens (including phenoxy) is 1. The zero-order valence-electron chi connectivity index (χ0n) is 17.3. The van der Waals surface area contributed by atoms with Crippen LogP contribution in [0, 0.1) is 0 Å². The first-order chi connectivity index (χ1) is 14.7. The molecule has 1 N–H and O–H groups in total. The summed E-state index contributed by atoms with van der Waals surface area (Å²) in [5.41, 5.74) is 2.85. The summed E-state index contributed by atoms with van der Waals surface area (Å²) in [6.07, 6.45) is 3.25. The summed E-state index contributed by atoms with van der Waals surface area (Å²) < 4.78 is 5.79. The van der Waals surface area contributed by atoms with Crippen LogP contribution in [0.25, 0.3) is 0 Å². The molecule has 0 bridgehead atoms. The zero-order valence-corrected chi connectivity index (χ0v) is 17.3. The lowest BCUT2D eigenvalue weighted by Gasteiger charge is -2.26. The zero-order chi connectivity index (χ0) is 20.8. The minimum atomic E-state index is -0.487. The molecule has 0 aliphatic carbocycles. The molecule has 6 heteroatoms. The molecule has 0 saturated heterocycles. The van der Waals surface area contributed by atoms with E-state index >= 15 is 0 Å². The van der Waals surface area contributed by atoms with Crippen molar-refractivity contribution >= 4 is 5.95 Å². The molecule has 0 radical (unpaired) electrons. The maximum atomic E-state index is 10.7. The number of aliphatic hydroxyl groups excluding tert-OH is 1. The fraction of sp³-hybridized carbons (Fsp3) is 0.333. The van der Waals surface area contributed by atoms with Crippen molar-refractivity contribution in [2.45, 2.75) is 18.9 Å². The van der Waals surface area contributed by atoms with Crippen LogP contribution in [0.15, 0.2) is 66.9 Å². The second kappa shape index (κ2) is 9.69. The van der Waals surface area contributed by atoms with E-state index in [0.717, 1.165) is 31.7 Å². The Kier molecular flexibility index (Phi) is 6.57. The molecule has 0 fully saturated rings. The van der Waals surface area contributed by atoms with Gasteiger partial charge >= 0.3 is 0 Å². The Labute approximate surface area is 177 Å². The van der Waals surface area contributed by atoms with Gasteiger partial charge in [-0.25, -0.2) is 4.98 Å². The van der Waals surface area contributed by atoms with Crippen LogP contribution in [0.5, 0.6) is 11.6 Å². The normalized spacial score (nSPS) is 15.1. The number of β-amino-alcohol motifs (C(OH)–C–C–N with tert-alkyl or cyclic N) is 1. The van der Waals surface area contributed by atoms with Crippen LogP contribution < -0.4 is 9.64 Å². The molecule has 156 valence electrons. The molecule has 1 aliphatic rings. The number of anilines is 1. The lowest BCUT2D eigenvalue weighted by molar-refractivity contribution is 0.120. The third kappa shape index (κ3) is 5.34. The number of para-hydroxylation sites is 1. The van der Waals surface area contributed by atoms with Gasteiger partial charge in [0.15, 0.2) is 0 Å². The number of benzene rings is 2. The van der Waals surface area contributed by atoms with E-state index in [1.54, 1.807) is 12.3 Å². The molecule has 2 aromatic carbocycles. The van der Waals surface area contributed by atoms with Gasteiger partial charge in [-0.2, -0.15) is 4.98 Å². The largest absolute Gasteiger partial charge is 0.439 e. The van der Waals surface area contributed by atoms with Crippen molar-refractivity contribution in [1.82, 2.24) is 14.9 Å². The topological polar surface area (TPSA) is 61.7 Å². The standard InChI is InChI=1S/C24H28N4O2/c1-27(24-25-14-11-23(26-24)30-22-9-3-2-4-10-22)17-21(29)18-28-15-12-19-7-5-6-8-20(19)13-16-28/h2-11,14,21,29H,12-13,15-18H2,1H3. The van der Waals surface area contributed by atoms with E-state index in [9.17, 15) is 5.11 Å². The number of nitrogens with zero attached hydrogens (tertiary/aromatic N) is 4. The summed E-state index contributed by atoms with van der Waals surface area (Å²) in [6.45, 7) is 3.03. The van der Waals surface area contributed by atoms with E-state index in [1.807, 2.05) is 42.3 Å². The van der Waals surface area contributed by atoms with E-state index in [4.69, 9.17) is 4.74 Å². The van der Waals surface area contributed by atoms with Crippen molar-refractivity contribution in [2.75, 3.05) is 38.1 Å². The lowest BCUT2D eigenvalue weighted by atomic mass is 10.0. The smallest absolute Gasteiger partial charge is 0.228 e. The Morgan fingerprint density at radius 1 is 1.00 bits per heavy atom. The maximum absolute atomic E-state index is 10.7. The predicted octanol–water partition coefficient (Wildman–Crippen LogP) is 3.17. The Balaban J connectivity index is 1.31. The SMILES string of the molecule is CN(CC(O)CN1CCc2ccccc2CC1)c1nccc(Oc2ccccc2)n1. The van der Waals surface area contributed by atoms with Crippen LogP contribution in [0.4, 0.5) is 5.95 Å². The highest BCUT2D eigenvalue weighted by atomic mass is 16.5. The average molecular weight is 405 g/mol. The first kappa shape index (κ1) is 20.3. The van der Waals surface area contributed by atoms with E-state index in [0.29, 0.717) is 24.9 Å². The second-order valence-electron chi connectivity index (χ2n) is 7.71. The number of likely N-dealkylation sites (N-methyl/N-ethyl adjacent to an activating group) is 1. The van der Waals surface area contributed by atoms with Crippen molar-refractivity contribution in [3.8, 4) is 11.6 Å². The van der Waals surface area contributed by atoms with Crippen molar-refractivity contribution in [3.05, 3.63) is 78.0 Å². The highest BCUT2D eigenvalue weighted by molar-refractivity contribution is 5.33. The van der Waals surface area contributed by atoms with Gasteiger partial charge < -0.3 is 19.6 Å². The minimum Gasteiger partial charge on any atom is -0.439 e. The van der Waals surface area contributed by atoms with E-state index in [2.05, 4.69) is 39.1 Å². The van der Waals surface area contributed by atoms with Crippen LogP contribution in [0.3, 0.4) is 0 Å². The molecule has 0 saturated carbocycles. The van der Waals surface area contributed by atoms with Gasteiger partial charge in [0.2, 0.25) is 11.8 Å². The third-order valence-electron chi connectivity index (χ3n) is 5.39. The summed E-state index contributed by atoms with van der Waals surface area (Å²) in [4.78, 5) is 13.0. The fourth-order valence-electron chi connectivity index (χ4n) is 3.83. The molecule has 2 heterocycles. The lowest BCUT2D eigenvalue weighted by Crippen LogP contribution is -2.40. The van der Waals surface area contributed by atoms with Crippen LogP contribution in [-0.4, -0.2) is 59.3 Å². The molecular formula is C24H28N4O2. The maximum Gasteiger partial charge on any atom is 0.228 e. The average Bonchev–Trinajstić information content (AvgIpc) is 2.97. The molecule has 1 aliphatic heterocycles. The number of aromatic nitrogens is 2. The molecule has 6 nitrogen and oxygen atoms in total. The van der Waals surface area contributed by atoms with Gasteiger partial charge in [-0.15, -0.1) is 0 Å². The van der Waals surface area contributed by atoms with Gasteiger partial charge in [0.1, 0.15) is 5.75 Å². The van der Waals surface area contributed by atoms with Gasteiger partial charge in [0, 0.05) is 45.5 Å². The number of aliphatic hydroxyl groups is 1. The van der Waals surface area contributed by atoms with E-state index in [1.165, 1.54) is 11.1 Å². The molecule has 0 spiro atoms. The Morgan fingerprint density at radius 3 is 2.37 bits per heavy atom. The van der Waals surface area contributed by atoms with Crippen molar-refractivity contribution < 1.29 is 9.84 Å². The monoisotopic (exact) mass is 404 g/mol. The molecule has 3 aromatic rings. The quantitative estimate of drug-likeness (QED) is 0.653. The highest BCUT2D eigenvalue weighted by Crippen LogP contribution is 2.20. The Bertz CT molecular complexity index is 924. The molecule has 4 rings (SSSR count). The number of fused-ring (bicyclic) bond motifs is 1. The van der Waals surface area contributed by atoms with Gasteiger partial charge in [-0.1, -0.05) is 42.5 Å². The second-order valence-corrected chi connectivity index (χ2v) is 7.71. The first-order valence-corrected chi connectivity index (χ1v) is 10.4. The van der Waals surface area contributed by atoms with Gasteiger partial charge in [0.05, 0.1) is 6.10 Å². The van der Waals surface area contributed by atoms with Crippen LogP contribution in [-0.2, 0) is 12.8 Å². The van der Waals surface area contributed by atoms with Gasteiger partial charge in [-0.05, 0) is 36.1 Å². The molecule has 1 aromatic heterocycles. The van der Waals surface area contributed by atoms with Crippen molar-refractivity contribution in [2.24, 2.45) is 0 Å². The molecule has 1 unspecified atom stereocenters. The summed E-state index contributed by atoms with van der Waals surface area (Å²) in [7, 11) is 1.89. The van der Waals surface area contributed by atoms with E-state index in [-0.39, 0.29) is 0 Å². The number of hydrogen-bond acceptors (Lipinski definition) is 6. The van der Waals surface area contributed by atoms with Crippen molar-refractivity contribution in [1.29, 1.82) is 0 Å². The van der Waals surface area contributed by atoms with Crippen LogP contribution in [0.2, 0.25) is 0 Å². The Hall–Kier alpha value is -2.96. The van der Waals surface area contributed by atoms with E-state index < -0.39 is 6.10 Å². The Morgan fingerprint density at radius 2 is 1.67 bits per heavy atom. The number of rotatable bonds is 7. The molecule has 0 amide bonds. The molecule has 1 atom stereocenters. The highest BCUT2D eigenvalue weighted by Gasteiger charge is 2.18. The molecule has 30 heavy (non-hydrogen) atoms. The minimum absolute atomic E-state index is 0.457. The third-order valence-corrected chi connectivity index (χ3v) is 5.39. The fourth-order valence-corrected chi connectivity index (χ4v) is 3.83. The first-order valence-electron chi connectivity index (χ1n) is 10.4. The predicted molar refractivity (Wildman–Crippen MR) is 118 cm³/mol. The van der Waals surface area contributed by atoms with Crippen molar-refractivity contribution in [3.63, 3.8) is 0 Å². The summed E-state index contributed by atoms with van der Waals surface area (Å²) in [5, 5.41) is 10.7. The summed E-state index contributed by atoms with van der Waals surface area (Å²) >= 11 is 0. The van der Waals surface area contributed by atoms with Gasteiger partial charge in [0.25, 0.3) is 0 Å². The summed E-state index contributed by atoms with van der Waals surface area (Å²) in [5.74, 6) is 1.75. The molecular weight excluding hydrogens is 376 g/mol. The van der Waals surface area contributed by atoms with Crippen LogP contribution in [0.1, 0.15) is 11.1 Å². The summed E-state index contributed by atoms with van der Waals surface area (Å²) in [6, 6.07) is 19.9. The van der Waals surface area contributed by atoms with Crippen LogP contribution >= 0.6 is 0 Å². The van der Waals surface area contributed by atoms with Gasteiger partial charge in [-0.3, -0.25) is 0 Å².